The number of H-pyrrole nitrogens is 1. The number of carbonyl (C=O) groups is 1. The number of aromatic amines is 1. The maximum atomic E-state index is 11.7. The second-order valence-electron chi connectivity index (χ2n) is 7.00. The number of ether oxygens (including phenoxy) is 1. The SMILES string of the molecule is N=C(COc1ccc2cccnc2c1)SCC(Cc1cc2ccccc2[nH]1)C(=O)O. The number of aromatic nitrogens is 2. The highest BCUT2D eigenvalue weighted by molar-refractivity contribution is 8.13. The average Bonchev–Trinajstić information content (AvgIpc) is 3.17. The van der Waals surface area contributed by atoms with E-state index in [2.05, 4.69) is 9.97 Å². The number of fused-ring (bicyclic) bond motifs is 2. The standard InChI is InChI=1S/C23H21N3O3S/c24-22(13-29-19-8-7-15-5-3-9-25-21(15)12-19)30-14-17(23(27)28)11-18-10-16-4-1-2-6-20(16)26-18/h1-10,12,17,24,26H,11,13-14H2,(H,27,28). The maximum absolute atomic E-state index is 11.7. The first-order valence-corrected chi connectivity index (χ1v) is 10.5. The molecule has 0 aliphatic rings. The fourth-order valence-electron chi connectivity index (χ4n) is 3.25. The van der Waals surface area contributed by atoms with Crippen LogP contribution in [0.5, 0.6) is 5.75 Å². The van der Waals surface area contributed by atoms with Crippen molar-refractivity contribution in [2.45, 2.75) is 6.42 Å². The van der Waals surface area contributed by atoms with E-state index >= 15 is 0 Å². The summed E-state index contributed by atoms with van der Waals surface area (Å²) in [5.74, 6) is -0.505. The Balaban J connectivity index is 1.31. The first kappa shape index (κ1) is 20.0. The minimum absolute atomic E-state index is 0.0989. The normalized spacial score (nSPS) is 12.1. The molecule has 0 bridgehead atoms. The van der Waals surface area contributed by atoms with Gasteiger partial charge in [0.2, 0.25) is 0 Å². The molecular weight excluding hydrogens is 398 g/mol. The van der Waals surface area contributed by atoms with E-state index in [1.807, 2.05) is 60.7 Å². The summed E-state index contributed by atoms with van der Waals surface area (Å²) in [7, 11) is 0. The Bertz CT molecular complexity index is 1170. The number of nitrogens with zero attached hydrogens (tertiary/aromatic N) is 1. The lowest BCUT2D eigenvalue weighted by Crippen LogP contribution is -2.21. The highest BCUT2D eigenvalue weighted by atomic mass is 32.2. The molecule has 2 aromatic heterocycles. The molecule has 2 heterocycles. The Morgan fingerprint density at radius 2 is 1.97 bits per heavy atom. The van der Waals surface area contributed by atoms with Crippen molar-refractivity contribution in [1.29, 1.82) is 5.41 Å². The fourth-order valence-corrected chi connectivity index (χ4v) is 4.06. The molecule has 0 radical (unpaired) electrons. The molecule has 1 unspecified atom stereocenters. The van der Waals surface area contributed by atoms with E-state index in [9.17, 15) is 9.90 Å². The van der Waals surface area contributed by atoms with Crippen LogP contribution in [-0.4, -0.2) is 38.4 Å². The van der Waals surface area contributed by atoms with Crippen LogP contribution < -0.4 is 4.74 Å². The summed E-state index contributed by atoms with van der Waals surface area (Å²) in [6.07, 6.45) is 2.12. The third-order valence-electron chi connectivity index (χ3n) is 4.81. The molecule has 0 aliphatic carbocycles. The maximum Gasteiger partial charge on any atom is 0.307 e. The molecule has 7 heteroatoms. The zero-order chi connectivity index (χ0) is 20.9. The van der Waals surface area contributed by atoms with Gasteiger partial charge in [0, 0.05) is 41.0 Å². The Morgan fingerprint density at radius 1 is 1.13 bits per heavy atom. The number of carboxylic acids is 1. The molecule has 1 atom stereocenters. The van der Waals surface area contributed by atoms with E-state index in [-0.39, 0.29) is 6.61 Å². The third kappa shape index (κ3) is 4.80. The quantitative estimate of drug-likeness (QED) is 0.283. The summed E-state index contributed by atoms with van der Waals surface area (Å²) >= 11 is 1.21. The number of hydrogen-bond donors (Lipinski definition) is 3. The van der Waals surface area contributed by atoms with Crippen LogP contribution in [0.3, 0.4) is 0 Å². The van der Waals surface area contributed by atoms with Crippen molar-refractivity contribution in [3.63, 3.8) is 0 Å². The molecule has 6 nitrogen and oxygen atoms in total. The van der Waals surface area contributed by atoms with E-state index in [1.54, 1.807) is 6.20 Å². The lowest BCUT2D eigenvalue weighted by molar-refractivity contribution is -0.140. The number of rotatable bonds is 8. The van der Waals surface area contributed by atoms with Crippen molar-refractivity contribution in [2.75, 3.05) is 12.4 Å². The lowest BCUT2D eigenvalue weighted by Gasteiger charge is -2.12. The lowest BCUT2D eigenvalue weighted by atomic mass is 10.1. The van der Waals surface area contributed by atoms with Crippen molar-refractivity contribution in [2.24, 2.45) is 5.92 Å². The van der Waals surface area contributed by atoms with E-state index in [0.717, 1.165) is 27.5 Å². The molecule has 0 saturated carbocycles. The van der Waals surface area contributed by atoms with E-state index < -0.39 is 11.9 Å². The van der Waals surface area contributed by atoms with Crippen LogP contribution in [-0.2, 0) is 11.2 Å². The average molecular weight is 420 g/mol. The van der Waals surface area contributed by atoms with Crippen LogP contribution in [0.4, 0.5) is 0 Å². The van der Waals surface area contributed by atoms with Gasteiger partial charge in [-0.1, -0.05) is 24.3 Å². The van der Waals surface area contributed by atoms with Crippen LogP contribution in [0.1, 0.15) is 5.69 Å². The third-order valence-corrected chi connectivity index (χ3v) is 5.84. The second kappa shape index (κ2) is 9.00. The van der Waals surface area contributed by atoms with Gasteiger partial charge in [-0.2, -0.15) is 0 Å². The van der Waals surface area contributed by atoms with E-state index in [1.165, 1.54) is 11.8 Å². The summed E-state index contributed by atoms with van der Waals surface area (Å²) in [4.78, 5) is 19.3. The summed E-state index contributed by atoms with van der Waals surface area (Å²) in [5, 5.41) is 20.1. The summed E-state index contributed by atoms with van der Waals surface area (Å²) in [6, 6.07) is 19.3. The first-order chi connectivity index (χ1) is 14.6. The highest BCUT2D eigenvalue weighted by Crippen LogP contribution is 2.22. The molecule has 0 spiro atoms. The largest absolute Gasteiger partial charge is 0.487 e. The van der Waals surface area contributed by atoms with Crippen LogP contribution >= 0.6 is 11.8 Å². The molecule has 4 rings (SSSR count). The van der Waals surface area contributed by atoms with Gasteiger partial charge in [-0.05, 0) is 35.7 Å². The topological polar surface area (TPSA) is 99.1 Å². The van der Waals surface area contributed by atoms with Gasteiger partial charge in [0.1, 0.15) is 17.4 Å². The molecule has 2 aromatic carbocycles. The van der Waals surface area contributed by atoms with Gasteiger partial charge < -0.3 is 14.8 Å². The second-order valence-corrected chi connectivity index (χ2v) is 8.12. The molecule has 0 fully saturated rings. The number of para-hydroxylation sites is 1. The number of carboxylic acid groups (broad SMARTS) is 1. The number of aliphatic carboxylic acids is 1. The van der Waals surface area contributed by atoms with E-state index in [0.29, 0.717) is 23.0 Å². The number of pyridine rings is 1. The van der Waals surface area contributed by atoms with Crippen molar-refractivity contribution in [3.05, 3.63) is 72.6 Å². The zero-order valence-corrected chi connectivity index (χ0v) is 17.0. The Morgan fingerprint density at radius 3 is 2.80 bits per heavy atom. The first-order valence-electron chi connectivity index (χ1n) is 9.56. The summed E-state index contributed by atoms with van der Waals surface area (Å²) < 4.78 is 5.69. The fraction of sp³-hybridized carbons (Fsp3) is 0.174. The molecule has 30 heavy (non-hydrogen) atoms. The van der Waals surface area contributed by atoms with Gasteiger partial charge in [0.05, 0.1) is 11.4 Å². The highest BCUT2D eigenvalue weighted by Gasteiger charge is 2.20. The summed E-state index contributed by atoms with van der Waals surface area (Å²) in [6.45, 7) is 0.0989. The minimum Gasteiger partial charge on any atom is -0.487 e. The smallest absolute Gasteiger partial charge is 0.307 e. The molecule has 3 N–H and O–H groups in total. The van der Waals surface area contributed by atoms with Gasteiger partial charge in [0.25, 0.3) is 0 Å². The van der Waals surface area contributed by atoms with Crippen molar-refractivity contribution >= 4 is 44.6 Å². The van der Waals surface area contributed by atoms with Gasteiger partial charge in [0.15, 0.2) is 0 Å². The van der Waals surface area contributed by atoms with Crippen molar-refractivity contribution in [3.8, 4) is 5.75 Å². The molecule has 0 amide bonds. The number of nitrogens with one attached hydrogen (secondary N) is 2. The van der Waals surface area contributed by atoms with Crippen LogP contribution in [0.2, 0.25) is 0 Å². The predicted molar refractivity (Wildman–Crippen MR) is 121 cm³/mol. The van der Waals surface area contributed by atoms with Crippen LogP contribution in [0.25, 0.3) is 21.8 Å². The van der Waals surface area contributed by atoms with Gasteiger partial charge in [-0.3, -0.25) is 15.2 Å². The van der Waals surface area contributed by atoms with Crippen molar-refractivity contribution in [1.82, 2.24) is 9.97 Å². The van der Waals surface area contributed by atoms with Gasteiger partial charge in [-0.25, -0.2) is 0 Å². The predicted octanol–water partition coefficient (Wildman–Crippen LogP) is 4.75. The molecule has 4 aromatic rings. The van der Waals surface area contributed by atoms with Crippen LogP contribution in [0.15, 0.2) is 66.9 Å². The molecule has 152 valence electrons. The molecule has 0 saturated heterocycles. The zero-order valence-electron chi connectivity index (χ0n) is 16.2. The monoisotopic (exact) mass is 419 g/mol. The molecular formula is C23H21N3O3S. The van der Waals surface area contributed by atoms with E-state index in [4.69, 9.17) is 10.1 Å². The van der Waals surface area contributed by atoms with Gasteiger partial charge in [-0.15, -0.1) is 11.8 Å². The van der Waals surface area contributed by atoms with Crippen molar-refractivity contribution < 1.29 is 14.6 Å². The van der Waals surface area contributed by atoms with Crippen LogP contribution in [0, 0.1) is 11.3 Å². The van der Waals surface area contributed by atoms with Gasteiger partial charge >= 0.3 is 5.97 Å². The number of hydrogen-bond acceptors (Lipinski definition) is 5. The summed E-state index contributed by atoms with van der Waals surface area (Å²) in [5.41, 5.74) is 2.71. The minimum atomic E-state index is -0.865. The Hall–Kier alpha value is -3.32. The number of benzene rings is 2. The number of thioether (sulfide) groups is 1. The Labute approximate surface area is 177 Å². The Kier molecular flexibility index (Phi) is 5.99. The molecule has 0 aliphatic heterocycles.